The van der Waals surface area contributed by atoms with E-state index in [4.69, 9.17) is 4.52 Å². The van der Waals surface area contributed by atoms with Crippen molar-refractivity contribution in [3.05, 3.63) is 65.5 Å². The zero-order valence-electron chi connectivity index (χ0n) is 21.3. The number of aryl methyl sites for hydroxylation is 2. The highest BCUT2D eigenvalue weighted by Crippen LogP contribution is 2.24. The van der Waals surface area contributed by atoms with Crippen LogP contribution in [0.4, 0.5) is 0 Å². The highest BCUT2D eigenvalue weighted by Gasteiger charge is 2.34. The van der Waals surface area contributed by atoms with Crippen LogP contribution in [0.25, 0.3) is 11.4 Å². The molecule has 0 bridgehead atoms. The Labute approximate surface area is 218 Å². The molecular weight excluding hydrogens is 490 g/mol. The fourth-order valence-corrected chi connectivity index (χ4v) is 6.36. The first-order valence-electron chi connectivity index (χ1n) is 12.8. The van der Waals surface area contributed by atoms with E-state index in [0.29, 0.717) is 49.3 Å². The van der Waals surface area contributed by atoms with E-state index in [9.17, 15) is 13.2 Å². The zero-order chi connectivity index (χ0) is 26.0. The van der Waals surface area contributed by atoms with Gasteiger partial charge in [-0.15, -0.1) is 0 Å². The predicted molar refractivity (Wildman–Crippen MR) is 139 cm³/mol. The smallest absolute Gasteiger partial charge is 0.243 e. The zero-order valence-corrected chi connectivity index (χ0v) is 22.2. The molecule has 1 aromatic heterocycles. The van der Waals surface area contributed by atoms with E-state index in [-0.39, 0.29) is 11.8 Å². The van der Waals surface area contributed by atoms with Gasteiger partial charge in [0.1, 0.15) is 0 Å². The van der Waals surface area contributed by atoms with Crippen LogP contribution >= 0.6 is 0 Å². The molecule has 0 N–H and O–H groups in total. The summed E-state index contributed by atoms with van der Waals surface area (Å²) in [4.78, 5) is 22.1. The maximum Gasteiger partial charge on any atom is 0.243 e. The summed E-state index contributed by atoms with van der Waals surface area (Å²) in [5, 5.41) is 4.11. The largest absolute Gasteiger partial charge is 0.340 e. The molecule has 2 aliphatic rings. The Kier molecular flexibility index (Phi) is 7.41. The van der Waals surface area contributed by atoms with Crippen molar-refractivity contribution in [3.63, 3.8) is 0 Å². The minimum absolute atomic E-state index is 0.0395. The Morgan fingerprint density at radius 2 is 1.49 bits per heavy atom. The van der Waals surface area contributed by atoms with Gasteiger partial charge in [-0.2, -0.15) is 9.29 Å². The van der Waals surface area contributed by atoms with Gasteiger partial charge in [-0.1, -0.05) is 52.7 Å². The second kappa shape index (κ2) is 10.7. The van der Waals surface area contributed by atoms with Crippen LogP contribution in [-0.4, -0.2) is 77.8 Å². The van der Waals surface area contributed by atoms with Gasteiger partial charge in [0, 0.05) is 37.7 Å². The Morgan fingerprint density at radius 1 is 0.892 bits per heavy atom. The van der Waals surface area contributed by atoms with Crippen LogP contribution in [-0.2, 0) is 21.4 Å². The van der Waals surface area contributed by atoms with Crippen molar-refractivity contribution in [2.75, 3.05) is 39.3 Å². The lowest BCUT2D eigenvalue weighted by Crippen LogP contribution is -2.52. The molecule has 196 valence electrons. The minimum atomic E-state index is -3.54. The van der Waals surface area contributed by atoms with Crippen LogP contribution in [0.15, 0.2) is 57.9 Å². The van der Waals surface area contributed by atoms with Crippen molar-refractivity contribution >= 4 is 15.9 Å². The van der Waals surface area contributed by atoms with E-state index in [1.165, 1.54) is 9.87 Å². The number of piperidine rings is 1. The number of hydrogen-bond acceptors (Lipinski definition) is 7. The minimum Gasteiger partial charge on any atom is -0.340 e. The fourth-order valence-electron chi connectivity index (χ4n) is 4.93. The monoisotopic (exact) mass is 523 g/mol. The van der Waals surface area contributed by atoms with Crippen molar-refractivity contribution in [3.8, 4) is 11.4 Å². The number of benzene rings is 2. The SMILES string of the molecule is Cc1ccc(-c2noc(CN3CCC(C(=O)N4CCN(S(=O)(=O)c5ccc(C)cc5)CC4)CC3)n2)cc1. The molecule has 0 spiro atoms. The van der Waals surface area contributed by atoms with Gasteiger partial charge in [0.05, 0.1) is 11.4 Å². The normalized spacial score (nSPS) is 18.3. The summed E-state index contributed by atoms with van der Waals surface area (Å²) in [5.74, 6) is 1.25. The quantitative estimate of drug-likeness (QED) is 0.490. The summed E-state index contributed by atoms with van der Waals surface area (Å²) < 4.78 is 32.9. The molecule has 2 aromatic carbocycles. The average molecular weight is 524 g/mol. The number of aromatic nitrogens is 2. The number of amides is 1. The summed E-state index contributed by atoms with van der Waals surface area (Å²) in [5.41, 5.74) is 3.13. The molecule has 10 heteroatoms. The summed E-state index contributed by atoms with van der Waals surface area (Å²) in [6.07, 6.45) is 1.53. The molecule has 9 nitrogen and oxygen atoms in total. The van der Waals surface area contributed by atoms with Gasteiger partial charge in [0.2, 0.25) is 27.6 Å². The van der Waals surface area contributed by atoms with E-state index in [0.717, 1.165) is 37.1 Å². The summed E-state index contributed by atoms with van der Waals surface area (Å²) in [6, 6.07) is 14.9. The fraction of sp³-hybridized carbons (Fsp3) is 0.444. The molecule has 2 aliphatic heterocycles. The van der Waals surface area contributed by atoms with Crippen LogP contribution in [0.3, 0.4) is 0 Å². The van der Waals surface area contributed by atoms with Crippen LogP contribution < -0.4 is 0 Å². The number of piperazine rings is 1. The predicted octanol–water partition coefficient (Wildman–Crippen LogP) is 3.10. The second-order valence-corrected chi connectivity index (χ2v) is 11.9. The molecule has 0 radical (unpaired) electrons. The standard InChI is InChI=1S/C27H33N5O4S/c1-20-3-7-22(8-4-20)26-28-25(36-29-26)19-30-13-11-23(12-14-30)27(33)31-15-17-32(18-16-31)37(34,35)24-9-5-21(2)6-10-24/h3-10,23H,11-19H2,1-2H3. The molecular formula is C27H33N5O4S. The third-order valence-electron chi connectivity index (χ3n) is 7.28. The molecule has 1 amide bonds. The van der Waals surface area contributed by atoms with Gasteiger partial charge < -0.3 is 9.42 Å². The maximum atomic E-state index is 13.2. The van der Waals surface area contributed by atoms with E-state index in [2.05, 4.69) is 15.0 Å². The van der Waals surface area contributed by atoms with Crippen molar-refractivity contribution in [1.82, 2.24) is 24.2 Å². The topological polar surface area (TPSA) is 99.9 Å². The van der Waals surface area contributed by atoms with Crippen molar-refractivity contribution in [2.45, 2.75) is 38.1 Å². The van der Waals surface area contributed by atoms with Gasteiger partial charge >= 0.3 is 0 Å². The highest BCUT2D eigenvalue weighted by atomic mass is 32.2. The third kappa shape index (κ3) is 5.76. The Hall–Kier alpha value is -3.08. The third-order valence-corrected chi connectivity index (χ3v) is 9.20. The lowest BCUT2D eigenvalue weighted by molar-refractivity contribution is -0.138. The van der Waals surface area contributed by atoms with Gasteiger partial charge in [0.25, 0.3) is 0 Å². The van der Waals surface area contributed by atoms with Crippen LogP contribution in [0, 0.1) is 19.8 Å². The average Bonchev–Trinajstić information content (AvgIpc) is 3.38. The number of nitrogens with zero attached hydrogens (tertiary/aromatic N) is 5. The molecule has 2 fully saturated rings. The number of hydrogen-bond donors (Lipinski definition) is 0. The number of sulfonamides is 1. The number of carbonyl (C=O) groups is 1. The van der Waals surface area contributed by atoms with Crippen LogP contribution in [0.2, 0.25) is 0 Å². The van der Waals surface area contributed by atoms with E-state index < -0.39 is 10.0 Å². The Balaban J connectivity index is 1.10. The Bertz CT molecular complexity index is 1320. The molecule has 37 heavy (non-hydrogen) atoms. The molecule has 0 aliphatic carbocycles. The summed E-state index contributed by atoms with van der Waals surface area (Å²) in [6.45, 7) is 7.58. The van der Waals surface area contributed by atoms with E-state index in [1.807, 2.05) is 43.0 Å². The van der Waals surface area contributed by atoms with Crippen LogP contribution in [0.5, 0.6) is 0 Å². The lowest BCUT2D eigenvalue weighted by atomic mass is 9.95. The van der Waals surface area contributed by atoms with Crippen molar-refractivity contribution in [1.29, 1.82) is 0 Å². The van der Waals surface area contributed by atoms with Gasteiger partial charge in [-0.05, 0) is 51.9 Å². The van der Waals surface area contributed by atoms with Crippen molar-refractivity contribution in [2.24, 2.45) is 5.92 Å². The summed E-state index contributed by atoms with van der Waals surface area (Å²) >= 11 is 0. The van der Waals surface area contributed by atoms with Crippen molar-refractivity contribution < 1.29 is 17.7 Å². The summed E-state index contributed by atoms with van der Waals surface area (Å²) in [7, 11) is -3.54. The molecule has 0 atom stereocenters. The molecule has 0 saturated carbocycles. The second-order valence-electron chi connectivity index (χ2n) is 9.97. The highest BCUT2D eigenvalue weighted by molar-refractivity contribution is 7.89. The van der Waals surface area contributed by atoms with Gasteiger partial charge in [-0.25, -0.2) is 8.42 Å². The number of likely N-dealkylation sites (tertiary alicyclic amines) is 1. The molecule has 3 aromatic rings. The molecule has 2 saturated heterocycles. The molecule has 0 unspecified atom stereocenters. The first-order chi connectivity index (χ1) is 17.8. The van der Waals surface area contributed by atoms with Crippen LogP contribution in [0.1, 0.15) is 29.9 Å². The number of carbonyl (C=O) groups excluding carboxylic acids is 1. The maximum absolute atomic E-state index is 13.2. The molecule has 5 rings (SSSR count). The Morgan fingerprint density at radius 3 is 2.11 bits per heavy atom. The first-order valence-corrected chi connectivity index (χ1v) is 14.2. The number of rotatable bonds is 6. The first kappa shape index (κ1) is 25.6. The van der Waals surface area contributed by atoms with E-state index >= 15 is 0 Å². The van der Waals surface area contributed by atoms with Gasteiger partial charge in [0.15, 0.2) is 0 Å². The van der Waals surface area contributed by atoms with Gasteiger partial charge in [-0.3, -0.25) is 9.69 Å². The van der Waals surface area contributed by atoms with E-state index in [1.54, 1.807) is 24.3 Å². The lowest BCUT2D eigenvalue weighted by Gasteiger charge is -2.38. The molecule has 3 heterocycles.